The van der Waals surface area contributed by atoms with Gasteiger partial charge in [-0.3, -0.25) is 19.9 Å². The number of amides is 3. The molecule has 0 bridgehead atoms. The maximum Gasteiger partial charge on any atom is 0.414 e. The molecule has 2 fully saturated rings. The fourth-order valence-electron chi connectivity index (χ4n) is 4.06. The quantitative estimate of drug-likeness (QED) is 0.505. The van der Waals surface area contributed by atoms with Crippen molar-refractivity contribution in [1.82, 2.24) is 16.2 Å². The molecule has 2 aliphatic rings. The molecule has 2 aliphatic heterocycles. The van der Waals surface area contributed by atoms with Crippen LogP contribution in [0.1, 0.15) is 30.3 Å². The minimum Gasteiger partial charge on any atom is -0.459 e. The molecule has 1 aromatic heterocycles. The number of nitrogens with one attached hydrogen (secondary N) is 3. The van der Waals surface area contributed by atoms with Crippen molar-refractivity contribution in [3.63, 3.8) is 0 Å². The molecule has 3 N–H and O–H groups in total. The summed E-state index contributed by atoms with van der Waals surface area (Å²) in [4.78, 5) is 38.5. The van der Waals surface area contributed by atoms with Gasteiger partial charge in [-0.05, 0) is 43.2 Å². The van der Waals surface area contributed by atoms with Crippen LogP contribution in [-0.4, -0.2) is 55.7 Å². The molecule has 2 aromatic rings. The van der Waals surface area contributed by atoms with E-state index in [-0.39, 0.29) is 24.8 Å². The smallest absolute Gasteiger partial charge is 0.414 e. The molecule has 1 aromatic carbocycles. The lowest BCUT2D eigenvalue weighted by molar-refractivity contribution is -0.119. The summed E-state index contributed by atoms with van der Waals surface area (Å²) >= 11 is 0. The van der Waals surface area contributed by atoms with Gasteiger partial charge in [0.15, 0.2) is 5.76 Å². The van der Waals surface area contributed by atoms with Gasteiger partial charge in [-0.15, -0.1) is 0 Å². The average Bonchev–Trinajstić information content (AvgIpc) is 3.52. The maximum absolute atomic E-state index is 15.0. The number of cyclic esters (lactones) is 1. The molecule has 1 atom stereocenters. The van der Waals surface area contributed by atoms with E-state index in [4.69, 9.17) is 9.15 Å². The Balaban J connectivity index is 1.36. The number of nitriles is 1. The van der Waals surface area contributed by atoms with E-state index in [0.717, 1.165) is 0 Å². The Morgan fingerprint density at radius 1 is 1.29 bits per heavy atom. The first-order valence-electron chi connectivity index (χ1n) is 11.1. The van der Waals surface area contributed by atoms with Gasteiger partial charge >= 0.3 is 12.0 Å². The highest BCUT2D eigenvalue weighted by atomic mass is 19.1. The topological polar surface area (TPSA) is 140 Å². The summed E-state index contributed by atoms with van der Waals surface area (Å²) in [5.74, 6) is -1.11. The Morgan fingerprint density at radius 2 is 2.06 bits per heavy atom. The van der Waals surface area contributed by atoms with E-state index in [1.54, 1.807) is 18.2 Å². The number of carbonyl (C=O) groups excluding carboxylic acids is 3. The van der Waals surface area contributed by atoms with Gasteiger partial charge < -0.3 is 19.4 Å². The summed E-state index contributed by atoms with van der Waals surface area (Å²) in [6.45, 7) is 2.50. The van der Waals surface area contributed by atoms with Crippen molar-refractivity contribution in [2.75, 3.05) is 36.0 Å². The minimum absolute atomic E-state index is 0.119. The van der Waals surface area contributed by atoms with E-state index in [2.05, 4.69) is 22.2 Å². The highest BCUT2D eigenvalue weighted by Crippen LogP contribution is 2.31. The number of rotatable bonds is 7. The number of hydrazine groups is 1. The van der Waals surface area contributed by atoms with E-state index in [9.17, 15) is 19.6 Å². The van der Waals surface area contributed by atoms with Gasteiger partial charge in [0.2, 0.25) is 5.91 Å². The van der Waals surface area contributed by atoms with Gasteiger partial charge in [0.1, 0.15) is 17.5 Å². The molecule has 35 heavy (non-hydrogen) atoms. The van der Waals surface area contributed by atoms with Crippen molar-refractivity contribution >= 4 is 29.3 Å². The first-order chi connectivity index (χ1) is 16.8. The summed E-state index contributed by atoms with van der Waals surface area (Å²) in [5, 5.41) is 12.3. The van der Waals surface area contributed by atoms with Crippen LogP contribution in [0.4, 0.5) is 20.6 Å². The van der Waals surface area contributed by atoms with Crippen LogP contribution < -0.4 is 26.0 Å². The number of benzene rings is 1. The Labute approximate surface area is 200 Å². The number of carbonyl (C=O) groups is 3. The lowest BCUT2D eigenvalue weighted by Crippen LogP contribution is -2.58. The number of piperidine rings is 1. The number of nitrogens with zero attached hydrogens (tertiary/aromatic N) is 3. The zero-order chi connectivity index (χ0) is 25.0. The SMILES string of the molecule is CC(=O)NC[C@H]1CN(c2ccc(N3CCC(C#N)(NNC(=O)c4ccco4)CC3)c(F)c2)C(=O)O1. The predicted molar refractivity (Wildman–Crippen MR) is 122 cm³/mol. The third-order valence-corrected chi connectivity index (χ3v) is 6.03. The molecule has 3 heterocycles. The predicted octanol–water partition coefficient (Wildman–Crippen LogP) is 1.68. The minimum atomic E-state index is -1.00. The van der Waals surface area contributed by atoms with Crippen LogP contribution in [-0.2, 0) is 9.53 Å². The van der Waals surface area contributed by atoms with Crippen molar-refractivity contribution in [3.05, 3.63) is 48.2 Å². The molecule has 11 nitrogen and oxygen atoms in total. The molecule has 0 spiro atoms. The highest BCUT2D eigenvalue weighted by molar-refractivity contribution is 5.91. The number of furan rings is 1. The van der Waals surface area contributed by atoms with Crippen molar-refractivity contribution in [3.8, 4) is 6.07 Å². The third kappa shape index (κ3) is 5.36. The van der Waals surface area contributed by atoms with Crippen molar-refractivity contribution in [2.24, 2.45) is 0 Å². The van der Waals surface area contributed by atoms with Gasteiger partial charge in [-0.1, -0.05) is 0 Å². The van der Waals surface area contributed by atoms with Gasteiger partial charge in [0.25, 0.3) is 0 Å². The van der Waals surface area contributed by atoms with Gasteiger partial charge in [-0.25, -0.2) is 14.6 Å². The molecule has 0 unspecified atom stereocenters. The highest BCUT2D eigenvalue weighted by Gasteiger charge is 2.37. The summed E-state index contributed by atoms with van der Waals surface area (Å²) in [6.07, 6.45) is 0.936. The second kappa shape index (κ2) is 10.0. The molecule has 12 heteroatoms. The van der Waals surface area contributed by atoms with E-state index in [1.807, 2.05) is 4.90 Å². The number of anilines is 2. The molecule has 184 valence electrons. The Morgan fingerprint density at radius 3 is 2.69 bits per heavy atom. The number of halogens is 1. The van der Waals surface area contributed by atoms with Crippen LogP contribution in [0.2, 0.25) is 0 Å². The number of ether oxygens (including phenoxy) is 1. The first-order valence-corrected chi connectivity index (χ1v) is 11.1. The van der Waals surface area contributed by atoms with Crippen LogP contribution >= 0.6 is 0 Å². The van der Waals surface area contributed by atoms with Gasteiger partial charge in [0, 0.05) is 20.0 Å². The third-order valence-electron chi connectivity index (χ3n) is 6.03. The van der Waals surface area contributed by atoms with Crippen molar-refractivity contribution < 1.29 is 27.9 Å². The summed E-state index contributed by atoms with van der Waals surface area (Å²) in [6, 6.07) is 9.80. The Bertz CT molecular complexity index is 1140. The van der Waals surface area contributed by atoms with E-state index in [1.165, 1.54) is 30.2 Å². The van der Waals surface area contributed by atoms with E-state index in [0.29, 0.717) is 37.3 Å². The van der Waals surface area contributed by atoms with Crippen LogP contribution in [0.5, 0.6) is 0 Å². The molecule has 4 rings (SSSR count). The molecule has 0 saturated carbocycles. The Kier molecular flexibility index (Phi) is 6.88. The average molecular weight is 484 g/mol. The van der Waals surface area contributed by atoms with Gasteiger partial charge in [-0.2, -0.15) is 5.26 Å². The van der Waals surface area contributed by atoms with Crippen molar-refractivity contribution in [1.29, 1.82) is 5.26 Å². The van der Waals surface area contributed by atoms with Crippen LogP contribution in [0, 0.1) is 17.1 Å². The maximum atomic E-state index is 15.0. The normalized spacial score (nSPS) is 19.1. The molecule has 2 saturated heterocycles. The Hall–Kier alpha value is -4.11. The summed E-state index contributed by atoms with van der Waals surface area (Å²) < 4.78 is 25.3. The molecular formula is C23H25FN6O5. The molecule has 0 aliphatic carbocycles. The fourth-order valence-corrected chi connectivity index (χ4v) is 4.06. The number of hydrogen-bond acceptors (Lipinski definition) is 8. The first kappa shape index (κ1) is 24.0. The zero-order valence-electron chi connectivity index (χ0n) is 19.0. The molecule has 3 amide bonds. The molecular weight excluding hydrogens is 459 g/mol. The van der Waals surface area contributed by atoms with Gasteiger partial charge in [0.05, 0.1) is 36.8 Å². The number of hydrogen-bond donors (Lipinski definition) is 3. The lowest BCUT2D eigenvalue weighted by atomic mass is 9.89. The van der Waals surface area contributed by atoms with Crippen LogP contribution in [0.25, 0.3) is 0 Å². The second-order valence-corrected chi connectivity index (χ2v) is 8.43. The van der Waals surface area contributed by atoms with Crippen molar-refractivity contribution in [2.45, 2.75) is 31.4 Å². The standard InChI is InChI=1S/C23H25FN6O5/c1-15(31)26-12-17-13-30(22(33)35-17)16-4-5-19(18(24)11-16)29-8-6-23(14-25,7-9-29)28-27-21(32)20-3-2-10-34-20/h2-5,10-11,17,28H,6-9,12-13H2,1H3,(H,26,31)(H,27,32)/t17-/m0/s1. The van der Waals surface area contributed by atoms with E-state index < -0.39 is 29.5 Å². The fraction of sp³-hybridized carbons (Fsp3) is 0.391. The van der Waals surface area contributed by atoms with Crippen LogP contribution in [0.15, 0.2) is 41.0 Å². The second-order valence-electron chi connectivity index (χ2n) is 8.43. The van der Waals surface area contributed by atoms with Crippen LogP contribution in [0.3, 0.4) is 0 Å². The molecule has 0 radical (unpaired) electrons. The summed E-state index contributed by atoms with van der Waals surface area (Å²) in [7, 11) is 0. The van der Waals surface area contributed by atoms with E-state index >= 15 is 4.39 Å². The lowest BCUT2D eigenvalue weighted by Gasteiger charge is -2.39. The zero-order valence-corrected chi connectivity index (χ0v) is 19.0. The largest absolute Gasteiger partial charge is 0.459 e. The monoisotopic (exact) mass is 484 g/mol. The summed E-state index contributed by atoms with van der Waals surface area (Å²) in [5.41, 5.74) is 5.01.